The number of unbranched alkanes of at least 4 members (excludes halogenated alkanes) is 4. The third-order valence-corrected chi connectivity index (χ3v) is 3.58. The molecule has 0 aliphatic carbocycles. The molecule has 1 unspecified atom stereocenters. The lowest BCUT2D eigenvalue weighted by Gasteiger charge is -2.10. The molecule has 124 valence electrons. The predicted molar refractivity (Wildman–Crippen MR) is 82.9 cm³/mol. The number of rotatable bonds is 11. The molecule has 1 atom stereocenters. The van der Waals surface area contributed by atoms with E-state index in [1.807, 2.05) is 12.2 Å². The second-order valence-electron chi connectivity index (χ2n) is 4.95. The van der Waals surface area contributed by atoms with Crippen molar-refractivity contribution < 1.29 is 22.5 Å². The molecule has 2 N–H and O–H groups in total. The summed E-state index contributed by atoms with van der Waals surface area (Å²) in [7, 11) is -3.97. The molecule has 0 aromatic carbocycles. The molecule has 0 fully saturated rings. The van der Waals surface area contributed by atoms with Crippen LogP contribution in [0.3, 0.4) is 0 Å². The van der Waals surface area contributed by atoms with Crippen molar-refractivity contribution in [3.05, 3.63) is 12.2 Å². The van der Waals surface area contributed by atoms with Crippen molar-refractivity contribution in [2.75, 3.05) is 12.3 Å². The summed E-state index contributed by atoms with van der Waals surface area (Å²) in [5, 5.41) is 2.43. The topological polar surface area (TPSA) is 92.7 Å². The van der Waals surface area contributed by atoms with E-state index in [2.05, 4.69) is 12.2 Å². The van der Waals surface area contributed by atoms with Gasteiger partial charge in [0.1, 0.15) is 6.10 Å². The van der Waals surface area contributed by atoms with Gasteiger partial charge in [-0.25, -0.2) is 4.79 Å². The van der Waals surface area contributed by atoms with Gasteiger partial charge < -0.3 is 10.1 Å². The van der Waals surface area contributed by atoms with Crippen molar-refractivity contribution >= 4 is 16.2 Å². The number of nitrogens with one attached hydrogen (secondary N) is 1. The summed E-state index contributed by atoms with van der Waals surface area (Å²) >= 11 is 0. The largest absolute Gasteiger partial charge is 0.442 e. The van der Waals surface area contributed by atoms with Gasteiger partial charge in [0.25, 0.3) is 10.1 Å². The lowest BCUT2D eigenvalue weighted by Crippen LogP contribution is -2.29. The smallest absolute Gasteiger partial charge is 0.407 e. The summed E-state index contributed by atoms with van der Waals surface area (Å²) < 4.78 is 34.5. The molecular weight excluding hydrogens is 294 g/mol. The molecule has 0 aromatic rings. The van der Waals surface area contributed by atoms with Crippen molar-refractivity contribution in [1.29, 1.82) is 0 Å². The number of carbonyl (C=O) groups excluding carboxylic acids is 1. The van der Waals surface area contributed by atoms with Crippen LogP contribution in [0.4, 0.5) is 4.79 Å². The molecule has 0 heterocycles. The molecule has 0 rings (SSSR count). The first-order chi connectivity index (χ1) is 9.85. The fraction of sp³-hybridized carbons (Fsp3) is 0.786. The average molecular weight is 321 g/mol. The molecule has 0 aliphatic rings. The Morgan fingerprint density at radius 2 is 2.00 bits per heavy atom. The Morgan fingerprint density at radius 1 is 1.29 bits per heavy atom. The Labute approximate surface area is 127 Å². The average Bonchev–Trinajstić information content (AvgIpc) is 2.38. The highest BCUT2D eigenvalue weighted by molar-refractivity contribution is 7.85. The van der Waals surface area contributed by atoms with E-state index >= 15 is 0 Å². The van der Waals surface area contributed by atoms with Crippen LogP contribution >= 0.6 is 0 Å². The molecule has 21 heavy (non-hydrogen) atoms. The standard InChI is InChI=1S/C14H27NO5S/c1-3-4-5-6-7-8-10-13(2)20-14(16)15-11-9-12-21(17,18)19/h8,10,13H,3-7,9,11-12H2,1-2H3,(H,15,16)(H,17,18,19). The summed E-state index contributed by atoms with van der Waals surface area (Å²) in [6, 6.07) is 0. The van der Waals surface area contributed by atoms with Crippen LogP contribution in [0.5, 0.6) is 0 Å². The first-order valence-electron chi connectivity index (χ1n) is 7.41. The number of allylic oxidation sites excluding steroid dienone is 1. The highest BCUT2D eigenvalue weighted by atomic mass is 32.2. The van der Waals surface area contributed by atoms with Gasteiger partial charge in [-0.1, -0.05) is 32.3 Å². The fourth-order valence-electron chi connectivity index (χ4n) is 1.67. The Kier molecular flexibility index (Phi) is 11.0. The maximum atomic E-state index is 11.4. The minimum absolute atomic E-state index is 0.145. The summed E-state index contributed by atoms with van der Waals surface area (Å²) in [6.45, 7) is 4.08. The zero-order valence-corrected chi connectivity index (χ0v) is 13.7. The highest BCUT2D eigenvalue weighted by Gasteiger charge is 2.07. The monoisotopic (exact) mass is 321 g/mol. The minimum atomic E-state index is -3.97. The zero-order valence-electron chi connectivity index (χ0n) is 12.9. The van der Waals surface area contributed by atoms with E-state index in [9.17, 15) is 13.2 Å². The van der Waals surface area contributed by atoms with Gasteiger partial charge in [0.05, 0.1) is 5.75 Å². The van der Waals surface area contributed by atoms with Gasteiger partial charge in [0, 0.05) is 6.54 Å². The van der Waals surface area contributed by atoms with E-state index in [1.54, 1.807) is 6.92 Å². The highest BCUT2D eigenvalue weighted by Crippen LogP contribution is 2.04. The van der Waals surface area contributed by atoms with Gasteiger partial charge in [0.15, 0.2) is 0 Å². The minimum Gasteiger partial charge on any atom is -0.442 e. The Bertz CT molecular complexity index is 406. The van der Waals surface area contributed by atoms with E-state index < -0.39 is 16.2 Å². The van der Waals surface area contributed by atoms with Crippen LogP contribution in [0.15, 0.2) is 12.2 Å². The number of ether oxygens (including phenoxy) is 1. The number of carbonyl (C=O) groups is 1. The second kappa shape index (κ2) is 11.6. The lowest BCUT2D eigenvalue weighted by atomic mass is 10.1. The molecule has 1 amide bonds. The first kappa shape index (κ1) is 19.9. The van der Waals surface area contributed by atoms with Crippen molar-refractivity contribution in [1.82, 2.24) is 5.32 Å². The summed E-state index contributed by atoms with van der Waals surface area (Å²) in [5.41, 5.74) is 0. The predicted octanol–water partition coefficient (Wildman–Crippen LogP) is 2.91. The number of amides is 1. The van der Waals surface area contributed by atoms with E-state index in [1.165, 1.54) is 19.3 Å². The van der Waals surface area contributed by atoms with Crippen LogP contribution in [0, 0.1) is 0 Å². The van der Waals surface area contributed by atoms with Crippen LogP contribution in [0.25, 0.3) is 0 Å². The van der Waals surface area contributed by atoms with E-state index in [-0.39, 0.29) is 24.8 Å². The molecule has 0 bridgehead atoms. The second-order valence-corrected chi connectivity index (χ2v) is 6.53. The maximum Gasteiger partial charge on any atom is 0.407 e. The molecule has 6 nitrogen and oxygen atoms in total. The molecule has 0 radical (unpaired) electrons. The summed E-state index contributed by atoms with van der Waals surface area (Å²) in [4.78, 5) is 11.4. The van der Waals surface area contributed by atoms with Gasteiger partial charge in [-0.3, -0.25) is 4.55 Å². The molecule has 7 heteroatoms. The normalized spacial score (nSPS) is 13.3. The van der Waals surface area contributed by atoms with Gasteiger partial charge in [-0.05, 0) is 32.3 Å². The van der Waals surface area contributed by atoms with Crippen molar-refractivity contribution in [3.63, 3.8) is 0 Å². The van der Waals surface area contributed by atoms with E-state index in [0.717, 1.165) is 12.8 Å². The molecule has 0 saturated heterocycles. The fourth-order valence-corrected chi connectivity index (χ4v) is 2.18. The molecule has 0 aromatic heterocycles. The van der Waals surface area contributed by atoms with Gasteiger partial charge >= 0.3 is 6.09 Å². The zero-order chi connectivity index (χ0) is 16.1. The van der Waals surface area contributed by atoms with Gasteiger partial charge in [0.2, 0.25) is 0 Å². The SMILES string of the molecule is CCCCCCC=CC(C)OC(=O)NCCCS(=O)(=O)O. The third kappa shape index (κ3) is 15.1. The van der Waals surface area contributed by atoms with Gasteiger partial charge in [-0.2, -0.15) is 8.42 Å². The Morgan fingerprint density at radius 3 is 2.62 bits per heavy atom. The number of hydrogen-bond acceptors (Lipinski definition) is 4. The maximum absolute atomic E-state index is 11.4. The van der Waals surface area contributed by atoms with E-state index in [4.69, 9.17) is 9.29 Å². The van der Waals surface area contributed by atoms with Crippen LogP contribution < -0.4 is 5.32 Å². The molecular formula is C14H27NO5S. The molecule has 0 saturated carbocycles. The van der Waals surface area contributed by atoms with Crippen LogP contribution in [0.1, 0.15) is 52.4 Å². The van der Waals surface area contributed by atoms with Crippen molar-refractivity contribution in [2.24, 2.45) is 0 Å². The van der Waals surface area contributed by atoms with Gasteiger partial charge in [-0.15, -0.1) is 0 Å². The van der Waals surface area contributed by atoms with E-state index in [0.29, 0.717) is 0 Å². The third-order valence-electron chi connectivity index (χ3n) is 2.77. The summed E-state index contributed by atoms with van der Waals surface area (Å²) in [6.07, 6.45) is 8.86. The van der Waals surface area contributed by atoms with Crippen LogP contribution in [0.2, 0.25) is 0 Å². The first-order valence-corrected chi connectivity index (χ1v) is 9.02. The van der Waals surface area contributed by atoms with Crippen LogP contribution in [-0.2, 0) is 14.9 Å². The molecule has 0 spiro atoms. The molecule has 0 aliphatic heterocycles. The summed E-state index contributed by atoms with van der Waals surface area (Å²) in [5.74, 6) is -0.375. The van der Waals surface area contributed by atoms with Crippen molar-refractivity contribution in [2.45, 2.75) is 58.5 Å². The number of alkyl carbamates (subject to hydrolysis) is 1. The lowest BCUT2D eigenvalue weighted by molar-refractivity contribution is 0.127. The number of hydrogen-bond donors (Lipinski definition) is 2. The Hall–Kier alpha value is -1.08. The van der Waals surface area contributed by atoms with Crippen LogP contribution in [-0.4, -0.2) is 37.5 Å². The van der Waals surface area contributed by atoms with Crippen molar-refractivity contribution in [3.8, 4) is 0 Å². The Balaban J connectivity index is 3.67. The quantitative estimate of drug-likeness (QED) is 0.347.